The van der Waals surface area contributed by atoms with Crippen LogP contribution in [0.4, 0.5) is 0 Å². The van der Waals surface area contributed by atoms with Crippen LogP contribution >= 0.6 is 24.8 Å². The Labute approximate surface area is 158 Å². The second kappa shape index (κ2) is 11.3. The zero-order valence-corrected chi connectivity index (χ0v) is 16.3. The van der Waals surface area contributed by atoms with Gasteiger partial charge >= 0.3 is 0 Å². The van der Waals surface area contributed by atoms with Crippen molar-refractivity contribution in [1.82, 2.24) is 20.0 Å². The minimum Gasteiger partial charge on any atom is -0.379 e. The van der Waals surface area contributed by atoms with Gasteiger partial charge in [0.2, 0.25) is 0 Å². The van der Waals surface area contributed by atoms with Crippen molar-refractivity contribution >= 4 is 24.8 Å². The van der Waals surface area contributed by atoms with Gasteiger partial charge in [-0.05, 0) is 39.3 Å². The molecule has 1 saturated carbocycles. The lowest BCUT2D eigenvalue weighted by molar-refractivity contribution is 0.0374. The van der Waals surface area contributed by atoms with Crippen molar-refractivity contribution in [3.8, 4) is 0 Å². The molecule has 0 aromatic carbocycles. The van der Waals surface area contributed by atoms with Crippen LogP contribution in [0, 0.1) is 6.92 Å². The van der Waals surface area contributed by atoms with E-state index in [-0.39, 0.29) is 24.8 Å². The normalized spacial score (nSPS) is 19.0. The second-order valence-electron chi connectivity index (χ2n) is 6.64. The molecule has 5 nitrogen and oxygen atoms in total. The summed E-state index contributed by atoms with van der Waals surface area (Å²) in [5.74, 6) is 0. The van der Waals surface area contributed by atoms with Gasteiger partial charge in [-0.3, -0.25) is 9.58 Å². The van der Waals surface area contributed by atoms with Gasteiger partial charge < -0.3 is 10.1 Å². The van der Waals surface area contributed by atoms with E-state index >= 15 is 0 Å². The van der Waals surface area contributed by atoms with Crippen molar-refractivity contribution in [2.75, 3.05) is 39.4 Å². The Bertz CT molecular complexity index is 457. The lowest BCUT2D eigenvalue weighted by Crippen LogP contribution is -2.37. The summed E-state index contributed by atoms with van der Waals surface area (Å²) in [6.07, 6.45) is 8.79. The maximum absolute atomic E-state index is 5.38. The molecule has 2 fully saturated rings. The van der Waals surface area contributed by atoms with Crippen LogP contribution < -0.4 is 5.32 Å². The largest absolute Gasteiger partial charge is 0.379 e. The summed E-state index contributed by atoms with van der Waals surface area (Å²) in [5.41, 5.74) is 2.55. The van der Waals surface area contributed by atoms with Gasteiger partial charge in [-0.15, -0.1) is 24.8 Å². The molecule has 1 N–H and O–H groups in total. The first-order chi connectivity index (χ1) is 10.8. The topological polar surface area (TPSA) is 42.3 Å². The van der Waals surface area contributed by atoms with Gasteiger partial charge in [-0.1, -0.05) is 12.8 Å². The van der Waals surface area contributed by atoms with E-state index in [2.05, 4.69) is 28.0 Å². The summed E-state index contributed by atoms with van der Waals surface area (Å²) < 4.78 is 7.59. The molecule has 7 heteroatoms. The Morgan fingerprint density at radius 1 is 1.21 bits per heavy atom. The highest BCUT2D eigenvalue weighted by Crippen LogP contribution is 2.29. The van der Waals surface area contributed by atoms with Gasteiger partial charge in [0.15, 0.2) is 0 Å². The molecule has 24 heavy (non-hydrogen) atoms. The number of aryl methyl sites for hydroxylation is 1. The van der Waals surface area contributed by atoms with E-state index in [0.717, 1.165) is 39.4 Å². The first-order valence-electron chi connectivity index (χ1n) is 8.88. The minimum atomic E-state index is 0. The molecule has 1 aliphatic carbocycles. The van der Waals surface area contributed by atoms with E-state index in [0.29, 0.717) is 6.04 Å². The molecule has 3 rings (SSSR count). The van der Waals surface area contributed by atoms with Crippen molar-refractivity contribution in [3.63, 3.8) is 0 Å². The molecule has 1 aromatic heterocycles. The molecular formula is C17H32Cl2N4O. The molecule has 1 aliphatic heterocycles. The van der Waals surface area contributed by atoms with Gasteiger partial charge in [0.05, 0.1) is 24.9 Å². The summed E-state index contributed by atoms with van der Waals surface area (Å²) >= 11 is 0. The maximum atomic E-state index is 5.38. The lowest BCUT2D eigenvalue weighted by atomic mass is 10.2. The van der Waals surface area contributed by atoms with Crippen LogP contribution in [-0.2, 0) is 11.3 Å². The summed E-state index contributed by atoms with van der Waals surface area (Å²) in [6, 6.07) is 0.647. The molecule has 1 saturated heterocycles. The van der Waals surface area contributed by atoms with Crippen molar-refractivity contribution in [3.05, 3.63) is 17.5 Å². The van der Waals surface area contributed by atoms with Crippen LogP contribution in [0.1, 0.15) is 49.4 Å². The lowest BCUT2D eigenvalue weighted by Gasteiger charge is -2.26. The highest BCUT2D eigenvalue weighted by atomic mass is 35.5. The summed E-state index contributed by atoms with van der Waals surface area (Å²) in [6.45, 7) is 9.31. The molecule has 0 radical (unpaired) electrons. The number of nitrogens with one attached hydrogen (secondary N) is 1. The number of nitrogens with zero attached hydrogens (tertiary/aromatic N) is 3. The Morgan fingerprint density at radius 3 is 2.62 bits per heavy atom. The van der Waals surface area contributed by atoms with E-state index < -0.39 is 0 Å². The van der Waals surface area contributed by atoms with Crippen LogP contribution in [0.25, 0.3) is 0 Å². The zero-order valence-electron chi connectivity index (χ0n) is 14.7. The number of hydrogen-bond acceptors (Lipinski definition) is 4. The number of hydrogen-bond donors (Lipinski definition) is 1. The van der Waals surface area contributed by atoms with E-state index in [1.807, 2.05) is 0 Å². The fourth-order valence-corrected chi connectivity index (χ4v) is 3.52. The van der Waals surface area contributed by atoms with E-state index in [4.69, 9.17) is 9.84 Å². The zero-order chi connectivity index (χ0) is 15.2. The quantitative estimate of drug-likeness (QED) is 0.740. The van der Waals surface area contributed by atoms with Crippen molar-refractivity contribution in [2.24, 2.45) is 0 Å². The van der Waals surface area contributed by atoms with Crippen LogP contribution in [0.3, 0.4) is 0 Å². The molecule has 0 amide bonds. The highest BCUT2D eigenvalue weighted by molar-refractivity contribution is 5.85. The number of halogens is 2. The van der Waals surface area contributed by atoms with E-state index in [9.17, 15) is 0 Å². The number of ether oxygens (including phenoxy) is 1. The fraction of sp³-hybridized carbons (Fsp3) is 0.824. The molecule has 0 bridgehead atoms. The SMILES string of the molecule is Cc1nn(C2CCCC2)cc1CNCCCN1CCOCC1.Cl.Cl. The fourth-order valence-electron chi connectivity index (χ4n) is 3.52. The molecule has 1 aromatic rings. The number of aromatic nitrogens is 2. The smallest absolute Gasteiger partial charge is 0.0638 e. The van der Waals surface area contributed by atoms with Gasteiger partial charge in [0.1, 0.15) is 0 Å². The monoisotopic (exact) mass is 378 g/mol. The Hall–Kier alpha value is -0.330. The van der Waals surface area contributed by atoms with E-state index in [1.165, 1.54) is 49.9 Å². The van der Waals surface area contributed by atoms with Crippen molar-refractivity contribution in [2.45, 2.75) is 51.6 Å². The van der Waals surface area contributed by atoms with Crippen molar-refractivity contribution in [1.29, 1.82) is 0 Å². The van der Waals surface area contributed by atoms with E-state index in [1.54, 1.807) is 0 Å². The number of rotatable bonds is 7. The van der Waals surface area contributed by atoms with Gasteiger partial charge in [-0.25, -0.2) is 0 Å². The predicted octanol–water partition coefficient (Wildman–Crippen LogP) is 2.96. The van der Waals surface area contributed by atoms with Crippen LogP contribution in [0.15, 0.2) is 6.20 Å². The van der Waals surface area contributed by atoms with Gasteiger partial charge in [0.25, 0.3) is 0 Å². The first kappa shape index (κ1) is 21.7. The minimum absolute atomic E-state index is 0. The van der Waals surface area contributed by atoms with Crippen LogP contribution in [0.5, 0.6) is 0 Å². The van der Waals surface area contributed by atoms with Crippen molar-refractivity contribution < 1.29 is 4.74 Å². The average Bonchev–Trinajstić information content (AvgIpc) is 3.18. The average molecular weight is 379 g/mol. The predicted molar refractivity (Wildman–Crippen MR) is 103 cm³/mol. The highest BCUT2D eigenvalue weighted by Gasteiger charge is 2.18. The third kappa shape index (κ3) is 6.19. The van der Waals surface area contributed by atoms with Crippen LogP contribution in [-0.4, -0.2) is 54.1 Å². The summed E-state index contributed by atoms with van der Waals surface area (Å²) in [5, 5.41) is 8.29. The molecule has 0 atom stereocenters. The maximum Gasteiger partial charge on any atom is 0.0638 e. The Morgan fingerprint density at radius 2 is 1.92 bits per heavy atom. The summed E-state index contributed by atoms with van der Waals surface area (Å²) in [7, 11) is 0. The molecule has 0 spiro atoms. The first-order valence-corrected chi connectivity index (χ1v) is 8.88. The second-order valence-corrected chi connectivity index (χ2v) is 6.64. The number of morpholine rings is 1. The molecular weight excluding hydrogens is 347 g/mol. The summed E-state index contributed by atoms with van der Waals surface area (Å²) in [4.78, 5) is 2.49. The molecule has 140 valence electrons. The molecule has 0 unspecified atom stereocenters. The Balaban J connectivity index is 0.00000144. The molecule has 2 heterocycles. The van der Waals surface area contributed by atoms with Gasteiger partial charge in [-0.2, -0.15) is 5.10 Å². The standard InChI is InChI=1S/C17H30N4O.2ClH/c1-15-16(14-21(19-15)17-5-2-3-6-17)13-18-7-4-8-20-9-11-22-12-10-20;;/h14,17-18H,2-13H2,1H3;2*1H. The Kier molecular flexibility index (Phi) is 10.2. The molecule has 2 aliphatic rings. The third-order valence-corrected chi connectivity index (χ3v) is 4.96. The van der Waals surface area contributed by atoms with Crippen LogP contribution in [0.2, 0.25) is 0 Å². The van der Waals surface area contributed by atoms with Gasteiger partial charge in [0, 0.05) is 31.4 Å². The third-order valence-electron chi connectivity index (χ3n) is 4.96.